The van der Waals surface area contributed by atoms with Gasteiger partial charge in [-0.15, -0.1) is 0 Å². The van der Waals surface area contributed by atoms with Crippen molar-refractivity contribution in [2.24, 2.45) is 11.5 Å². The summed E-state index contributed by atoms with van der Waals surface area (Å²) in [5.74, 6) is 0.524. The Bertz CT molecular complexity index is 493. The highest BCUT2D eigenvalue weighted by molar-refractivity contribution is 5.68. The minimum absolute atomic E-state index is 0.173. The summed E-state index contributed by atoms with van der Waals surface area (Å²) in [6.45, 7) is 8.19. The van der Waals surface area contributed by atoms with Gasteiger partial charge in [-0.05, 0) is 17.9 Å². The van der Waals surface area contributed by atoms with Crippen LogP contribution in [-0.2, 0) is 12.0 Å². The number of hydrogen-bond acceptors (Lipinski definition) is 5. The van der Waals surface area contributed by atoms with Crippen LogP contribution in [0.2, 0.25) is 0 Å². The second-order valence-electron chi connectivity index (χ2n) is 5.28. The van der Waals surface area contributed by atoms with Gasteiger partial charge in [-0.25, -0.2) is 4.79 Å². The van der Waals surface area contributed by atoms with Gasteiger partial charge in [0.1, 0.15) is 0 Å². The Kier molecular flexibility index (Phi) is 4.36. The van der Waals surface area contributed by atoms with Gasteiger partial charge in [-0.2, -0.15) is 4.98 Å². The van der Waals surface area contributed by atoms with Crippen molar-refractivity contribution in [2.75, 3.05) is 7.11 Å². The Morgan fingerprint density at radius 3 is 2.26 bits per heavy atom. The molecule has 0 atom stereocenters. The zero-order valence-electron chi connectivity index (χ0n) is 12.0. The number of carbonyl (C=O) groups excluding carboxylic acids is 1. The lowest BCUT2D eigenvalue weighted by Gasteiger charge is -2.25. The number of primary amides is 1. The fourth-order valence-corrected chi connectivity index (χ4v) is 2.15. The molecule has 19 heavy (non-hydrogen) atoms. The molecule has 0 saturated heterocycles. The number of aromatic nitrogens is 1. The summed E-state index contributed by atoms with van der Waals surface area (Å²) >= 11 is 0. The molecule has 106 valence electrons. The van der Waals surface area contributed by atoms with E-state index >= 15 is 0 Å². The topological polar surface area (TPSA) is 100 Å². The molecule has 0 fully saturated rings. The molecule has 0 aliphatic heterocycles. The number of nitrogens with two attached hydrogens (primary N) is 2. The number of hydrogen-bond donors (Lipinski definition) is 2. The Labute approximate surface area is 113 Å². The molecule has 4 N–H and O–H groups in total. The van der Waals surface area contributed by atoms with Crippen LogP contribution in [0.25, 0.3) is 0 Å². The van der Waals surface area contributed by atoms with E-state index in [0.29, 0.717) is 12.4 Å². The largest absolute Gasteiger partial charge is 0.481 e. The maximum Gasteiger partial charge on any atom is 0.411 e. The third-order valence-corrected chi connectivity index (χ3v) is 2.85. The molecule has 0 aromatic carbocycles. The van der Waals surface area contributed by atoms with E-state index in [9.17, 15) is 4.79 Å². The molecule has 0 saturated carbocycles. The molecule has 0 aliphatic rings. The first-order valence-electron chi connectivity index (χ1n) is 5.97. The van der Waals surface area contributed by atoms with Crippen molar-refractivity contribution in [3.05, 3.63) is 16.7 Å². The lowest BCUT2D eigenvalue weighted by atomic mass is 9.83. The quantitative estimate of drug-likeness (QED) is 0.866. The van der Waals surface area contributed by atoms with Crippen LogP contribution in [0.15, 0.2) is 0 Å². The summed E-state index contributed by atoms with van der Waals surface area (Å²) < 4.78 is 10.2. The van der Waals surface area contributed by atoms with Crippen LogP contribution < -0.4 is 20.9 Å². The van der Waals surface area contributed by atoms with Gasteiger partial charge in [0, 0.05) is 17.7 Å². The fraction of sp³-hybridized carbons (Fsp3) is 0.538. The van der Waals surface area contributed by atoms with Crippen LogP contribution in [0.3, 0.4) is 0 Å². The second kappa shape index (κ2) is 5.44. The van der Waals surface area contributed by atoms with Gasteiger partial charge in [0.25, 0.3) is 0 Å². The summed E-state index contributed by atoms with van der Waals surface area (Å²) in [5, 5.41) is 0. The van der Waals surface area contributed by atoms with Crippen molar-refractivity contribution in [3.63, 3.8) is 0 Å². The fourth-order valence-electron chi connectivity index (χ4n) is 2.15. The average Bonchev–Trinajstić information content (AvgIpc) is 2.25. The van der Waals surface area contributed by atoms with Gasteiger partial charge in [-0.1, -0.05) is 20.8 Å². The third kappa shape index (κ3) is 3.14. The van der Waals surface area contributed by atoms with Crippen molar-refractivity contribution >= 4 is 6.09 Å². The van der Waals surface area contributed by atoms with E-state index in [1.807, 2.05) is 27.7 Å². The Hall–Kier alpha value is -1.82. The predicted molar refractivity (Wildman–Crippen MR) is 72.3 cm³/mol. The van der Waals surface area contributed by atoms with Crippen LogP contribution in [-0.4, -0.2) is 18.2 Å². The van der Waals surface area contributed by atoms with E-state index in [1.165, 1.54) is 7.11 Å². The molecule has 0 bridgehead atoms. The minimum Gasteiger partial charge on any atom is -0.481 e. The highest BCUT2D eigenvalue weighted by atomic mass is 16.6. The molecule has 1 rings (SSSR count). The van der Waals surface area contributed by atoms with Crippen molar-refractivity contribution in [3.8, 4) is 11.8 Å². The summed E-state index contributed by atoms with van der Waals surface area (Å²) in [5.41, 5.74) is 13.0. The number of amides is 1. The average molecular weight is 267 g/mol. The number of ether oxygens (including phenoxy) is 2. The molecule has 0 radical (unpaired) electrons. The predicted octanol–water partition coefficient (Wildman–Crippen LogP) is 1.61. The first-order valence-corrected chi connectivity index (χ1v) is 5.97. The molecular formula is C13H21N3O3. The number of carbonyl (C=O) groups is 1. The van der Waals surface area contributed by atoms with E-state index in [-0.39, 0.29) is 11.3 Å². The lowest BCUT2D eigenvalue weighted by molar-refractivity contribution is 0.207. The number of nitrogens with zero attached hydrogens (tertiary/aromatic N) is 1. The molecule has 1 aromatic heterocycles. The summed E-state index contributed by atoms with van der Waals surface area (Å²) in [6, 6.07) is 0. The maximum absolute atomic E-state index is 11.0. The number of pyridine rings is 1. The summed E-state index contributed by atoms with van der Waals surface area (Å²) in [6.07, 6.45) is -0.903. The molecule has 0 spiro atoms. The van der Waals surface area contributed by atoms with Gasteiger partial charge >= 0.3 is 6.09 Å². The van der Waals surface area contributed by atoms with Gasteiger partial charge < -0.3 is 20.9 Å². The first kappa shape index (κ1) is 15.2. The highest BCUT2D eigenvalue weighted by Gasteiger charge is 2.27. The molecule has 1 amide bonds. The Morgan fingerprint density at radius 2 is 1.89 bits per heavy atom. The maximum atomic E-state index is 11.0. The minimum atomic E-state index is -0.903. The van der Waals surface area contributed by atoms with Gasteiger partial charge in [0.05, 0.1) is 7.11 Å². The second-order valence-corrected chi connectivity index (χ2v) is 5.28. The SMILES string of the molecule is COc1nc(OC(N)=O)c(C(C)(C)C)c(C)c1CN. The molecule has 0 aliphatic carbocycles. The smallest absolute Gasteiger partial charge is 0.411 e. The van der Waals surface area contributed by atoms with Crippen LogP contribution in [0.1, 0.15) is 37.5 Å². The molecule has 6 nitrogen and oxygen atoms in total. The lowest BCUT2D eigenvalue weighted by Crippen LogP contribution is -2.23. The van der Waals surface area contributed by atoms with Crippen molar-refractivity contribution in [2.45, 2.75) is 39.7 Å². The highest BCUT2D eigenvalue weighted by Crippen LogP contribution is 2.37. The van der Waals surface area contributed by atoms with Crippen molar-refractivity contribution in [1.82, 2.24) is 4.98 Å². The number of rotatable bonds is 3. The number of methoxy groups -OCH3 is 1. The molecule has 0 unspecified atom stereocenters. The molecule has 1 aromatic rings. The van der Waals surface area contributed by atoms with Crippen LogP contribution >= 0.6 is 0 Å². The van der Waals surface area contributed by atoms with Crippen LogP contribution in [0.4, 0.5) is 4.79 Å². The normalized spacial score (nSPS) is 11.3. The van der Waals surface area contributed by atoms with Crippen LogP contribution in [0, 0.1) is 6.92 Å². The Balaban J connectivity index is 3.60. The van der Waals surface area contributed by atoms with E-state index < -0.39 is 6.09 Å². The standard InChI is InChI=1S/C13H21N3O3/c1-7-8(6-14)10(18-5)16-11(19-12(15)17)9(7)13(2,3)4/h6,14H2,1-5H3,(H2,15,17). The third-order valence-electron chi connectivity index (χ3n) is 2.85. The first-order chi connectivity index (χ1) is 8.72. The van der Waals surface area contributed by atoms with Crippen LogP contribution in [0.5, 0.6) is 11.8 Å². The van der Waals surface area contributed by atoms with E-state index in [2.05, 4.69) is 4.98 Å². The van der Waals surface area contributed by atoms with Gasteiger partial charge in [-0.3, -0.25) is 0 Å². The van der Waals surface area contributed by atoms with E-state index in [1.54, 1.807) is 0 Å². The summed E-state index contributed by atoms with van der Waals surface area (Å²) in [7, 11) is 1.49. The monoisotopic (exact) mass is 267 g/mol. The molecule has 1 heterocycles. The van der Waals surface area contributed by atoms with Crippen molar-refractivity contribution < 1.29 is 14.3 Å². The molecular weight excluding hydrogens is 246 g/mol. The van der Waals surface area contributed by atoms with E-state index in [0.717, 1.165) is 16.7 Å². The van der Waals surface area contributed by atoms with Gasteiger partial charge in [0.2, 0.25) is 11.8 Å². The molecule has 6 heteroatoms. The van der Waals surface area contributed by atoms with Crippen molar-refractivity contribution in [1.29, 1.82) is 0 Å². The summed E-state index contributed by atoms with van der Waals surface area (Å²) in [4.78, 5) is 15.2. The Morgan fingerprint density at radius 1 is 1.32 bits per heavy atom. The van der Waals surface area contributed by atoms with Gasteiger partial charge in [0.15, 0.2) is 0 Å². The van der Waals surface area contributed by atoms with E-state index in [4.69, 9.17) is 20.9 Å². The zero-order chi connectivity index (χ0) is 14.8. The zero-order valence-corrected chi connectivity index (χ0v) is 12.0.